The maximum Gasteiger partial charge on any atom is 0.336 e. The van der Waals surface area contributed by atoms with Crippen LogP contribution in [0.3, 0.4) is 0 Å². The van der Waals surface area contributed by atoms with Gasteiger partial charge in [-0.25, -0.2) is 19.7 Å². The minimum absolute atomic E-state index is 0.288. The van der Waals surface area contributed by atoms with Crippen LogP contribution < -0.4 is 5.73 Å². The Balaban J connectivity index is 1.61. The normalized spacial score (nSPS) is 11.1. The van der Waals surface area contributed by atoms with Crippen LogP contribution >= 0.6 is 0 Å². The van der Waals surface area contributed by atoms with Crippen molar-refractivity contribution >= 4 is 11.8 Å². The Morgan fingerprint density at radius 2 is 1.87 bits per heavy atom. The Bertz CT molecular complexity index is 1150. The summed E-state index contributed by atoms with van der Waals surface area (Å²) in [6.45, 7) is 2.70. The molecule has 152 valence electrons. The van der Waals surface area contributed by atoms with Gasteiger partial charge < -0.3 is 15.4 Å². The SMILES string of the molecule is CCCCc1nc2c(N)ncn(Cc3ccc(-c4ccccc4C(=O)O)cc3)c-2n1. The number of nitrogens with zero attached hydrogens (tertiary/aromatic N) is 4. The molecular weight excluding hydrogens is 378 g/mol. The van der Waals surface area contributed by atoms with Crippen molar-refractivity contribution in [1.29, 1.82) is 0 Å². The van der Waals surface area contributed by atoms with Crippen molar-refractivity contribution in [3.05, 3.63) is 71.8 Å². The zero-order valence-corrected chi connectivity index (χ0v) is 16.7. The van der Waals surface area contributed by atoms with Crippen molar-refractivity contribution < 1.29 is 9.90 Å². The van der Waals surface area contributed by atoms with Gasteiger partial charge in [0, 0.05) is 6.42 Å². The van der Waals surface area contributed by atoms with Crippen molar-refractivity contribution in [1.82, 2.24) is 19.5 Å². The van der Waals surface area contributed by atoms with Crippen LogP contribution in [0.2, 0.25) is 0 Å². The fraction of sp³-hybridized carbons (Fsp3) is 0.217. The molecule has 7 nitrogen and oxygen atoms in total. The molecular formula is C23H23N5O2. The first-order valence-electron chi connectivity index (χ1n) is 9.95. The molecule has 2 aromatic carbocycles. The lowest BCUT2D eigenvalue weighted by Crippen LogP contribution is -2.09. The number of hydrogen-bond donors (Lipinski definition) is 2. The first-order chi connectivity index (χ1) is 14.6. The molecule has 2 aliphatic heterocycles. The maximum atomic E-state index is 11.5. The standard InChI is InChI=1S/C23H23N5O2/c1-2-3-8-19-26-20-21(24)25-14-28(22(20)27-19)13-15-9-11-16(12-10-15)17-6-4-5-7-18(17)23(29)30/h4-7,9-12,14H,2-3,8,13,24H2,1H3,(H,29,30). The predicted molar refractivity (Wildman–Crippen MR) is 115 cm³/mol. The lowest BCUT2D eigenvalue weighted by Gasteiger charge is -2.12. The van der Waals surface area contributed by atoms with Crippen molar-refractivity contribution in [2.75, 3.05) is 5.73 Å². The number of hydrogen-bond acceptors (Lipinski definition) is 5. The van der Waals surface area contributed by atoms with Crippen LogP contribution in [0.25, 0.3) is 22.6 Å². The molecule has 0 radical (unpaired) electrons. The summed E-state index contributed by atoms with van der Waals surface area (Å²) in [7, 11) is 0. The van der Waals surface area contributed by atoms with Gasteiger partial charge in [0.2, 0.25) is 0 Å². The van der Waals surface area contributed by atoms with Crippen LogP contribution in [0.1, 0.15) is 41.5 Å². The first kappa shape index (κ1) is 19.6. The van der Waals surface area contributed by atoms with Crippen molar-refractivity contribution in [2.45, 2.75) is 32.7 Å². The van der Waals surface area contributed by atoms with Crippen LogP contribution in [-0.2, 0) is 13.0 Å². The van der Waals surface area contributed by atoms with E-state index in [0.29, 0.717) is 23.6 Å². The van der Waals surface area contributed by atoms with Gasteiger partial charge in [-0.05, 0) is 29.2 Å². The van der Waals surface area contributed by atoms with Gasteiger partial charge in [-0.3, -0.25) is 0 Å². The molecule has 3 N–H and O–H groups in total. The van der Waals surface area contributed by atoms with Crippen LogP contribution in [0, 0.1) is 0 Å². The number of unbranched alkanes of at least 4 members (excludes halogenated alkanes) is 1. The van der Waals surface area contributed by atoms with Gasteiger partial charge in [-0.1, -0.05) is 55.8 Å². The number of anilines is 1. The highest BCUT2D eigenvalue weighted by Gasteiger charge is 2.18. The third-order valence-electron chi connectivity index (χ3n) is 5.07. The molecule has 0 saturated carbocycles. The van der Waals surface area contributed by atoms with E-state index in [4.69, 9.17) is 5.73 Å². The number of carboxylic acid groups (broad SMARTS) is 1. The number of fused-ring (bicyclic) bond motifs is 1. The summed E-state index contributed by atoms with van der Waals surface area (Å²) in [5.74, 6) is 0.973. The van der Waals surface area contributed by atoms with Gasteiger partial charge >= 0.3 is 5.97 Å². The summed E-state index contributed by atoms with van der Waals surface area (Å²) in [4.78, 5) is 25.0. The quantitative estimate of drug-likeness (QED) is 0.482. The van der Waals surface area contributed by atoms with Gasteiger partial charge in [-0.2, -0.15) is 0 Å². The van der Waals surface area contributed by atoms with Crippen molar-refractivity contribution in [3.8, 4) is 22.6 Å². The molecule has 0 atom stereocenters. The molecule has 0 saturated heterocycles. The minimum atomic E-state index is -0.936. The molecule has 0 spiro atoms. The van der Waals surface area contributed by atoms with E-state index in [-0.39, 0.29) is 5.56 Å². The Morgan fingerprint density at radius 3 is 2.60 bits per heavy atom. The number of aryl methyl sites for hydroxylation is 1. The molecule has 0 aromatic heterocycles. The lowest BCUT2D eigenvalue weighted by atomic mass is 9.99. The largest absolute Gasteiger partial charge is 0.478 e. The Labute approximate surface area is 174 Å². The number of nitrogen functional groups attached to an aromatic ring is 1. The molecule has 2 heterocycles. The second-order valence-corrected chi connectivity index (χ2v) is 7.22. The topological polar surface area (TPSA) is 107 Å². The third kappa shape index (κ3) is 3.87. The molecule has 2 aromatic rings. The zero-order chi connectivity index (χ0) is 21.1. The zero-order valence-electron chi connectivity index (χ0n) is 16.7. The van der Waals surface area contributed by atoms with Crippen LogP contribution in [0.15, 0.2) is 54.9 Å². The van der Waals surface area contributed by atoms with E-state index >= 15 is 0 Å². The highest BCUT2D eigenvalue weighted by molar-refractivity contribution is 5.96. The summed E-state index contributed by atoms with van der Waals surface area (Å²) in [6, 6.07) is 14.8. The molecule has 0 aliphatic carbocycles. The average molecular weight is 401 g/mol. The van der Waals surface area contributed by atoms with Gasteiger partial charge in [0.15, 0.2) is 17.3 Å². The summed E-state index contributed by atoms with van der Waals surface area (Å²) in [5.41, 5.74) is 9.53. The molecule has 2 aliphatic rings. The summed E-state index contributed by atoms with van der Waals surface area (Å²) >= 11 is 0. The molecule has 0 amide bonds. The number of nitrogens with two attached hydrogens (primary N) is 1. The van der Waals surface area contributed by atoms with Gasteiger partial charge in [0.25, 0.3) is 0 Å². The fourth-order valence-electron chi connectivity index (χ4n) is 3.47. The number of carboxylic acids is 1. The number of aromatic nitrogens is 4. The van der Waals surface area contributed by atoms with E-state index < -0.39 is 5.97 Å². The van der Waals surface area contributed by atoms with Crippen LogP contribution in [-0.4, -0.2) is 30.6 Å². The second kappa shape index (κ2) is 8.32. The highest BCUT2D eigenvalue weighted by Crippen LogP contribution is 2.27. The number of aromatic carboxylic acids is 1. The number of benzene rings is 2. The Hall–Kier alpha value is -3.74. The smallest absolute Gasteiger partial charge is 0.336 e. The Morgan fingerprint density at radius 1 is 1.10 bits per heavy atom. The maximum absolute atomic E-state index is 11.5. The van der Waals surface area contributed by atoms with Crippen molar-refractivity contribution in [3.63, 3.8) is 0 Å². The summed E-state index contributed by atoms with van der Waals surface area (Å²) in [5, 5.41) is 9.42. The van der Waals surface area contributed by atoms with E-state index in [1.807, 2.05) is 41.0 Å². The fourth-order valence-corrected chi connectivity index (χ4v) is 3.47. The van der Waals surface area contributed by atoms with Gasteiger partial charge in [0.1, 0.15) is 5.82 Å². The monoisotopic (exact) mass is 401 g/mol. The average Bonchev–Trinajstić information content (AvgIpc) is 3.20. The van der Waals surface area contributed by atoms with E-state index in [2.05, 4.69) is 21.9 Å². The number of carbonyl (C=O) groups is 1. The van der Waals surface area contributed by atoms with Crippen LogP contribution in [0.5, 0.6) is 0 Å². The third-order valence-corrected chi connectivity index (χ3v) is 5.07. The Kier molecular flexibility index (Phi) is 5.43. The number of imidazole rings is 1. The van der Waals surface area contributed by atoms with Crippen LogP contribution in [0.4, 0.5) is 5.82 Å². The molecule has 4 rings (SSSR count). The van der Waals surface area contributed by atoms with E-state index in [1.54, 1.807) is 18.5 Å². The first-order valence-corrected chi connectivity index (χ1v) is 9.95. The minimum Gasteiger partial charge on any atom is -0.478 e. The van der Waals surface area contributed by atoms with E-state index in [9.17, 15) is 9.90 Å². The molecule has 0 fully saturated rings. The van der Waals surface area contributed by atoms with E-state index in [0.717, 1.165) is 42.0 Å². The molecule has 0 bridgehead atoms. The van der Waals surface area contributed by atoms with Gasteiger partial charge in [-0.15, -0.1) is 0 Å². The molecule has 30 heavy (non-hydrogen) atoms. The molecule has 0 unspecified atom stereocenters. The highest BCUT2D eigenvalue weighted by atomic mass is 16.4. The van der Waals surface area contributed by atoms with Crippen molar-refractivity contribution in [2.24, 2.45) is 0 Å². The second-order valence-electron chi connectivity index (χ2n) is 7.22. The summed E-state index contributed by atoms with van der Waals surface area (Å²) < 4.78 is 1.94. The lowest BCUT2D eigenvalue weighted by molar-refractivity contribution is 0.0697. The van der Waals surface area contributed by atoms with Gasteiger partial charge in [0.05, 0.1) is 18.4 Å². The molecule has 7 heteroatoms. The van der Waals surface area contributed by atoms with E-state index in [1.165, 1.54) is 0 Å². The number of rotatable bonds is 7. The summed E-state index contributed by atoms with van der Waals surface area (Å²) in [6.07, 6.45) is 4.62. The predicted octanol–water partition coefficient (Wildman–Crippen LogP) is 4.12.